The minimum Gasteiger partial charge on any atom is -0.396 e. The molecule has 0 spiro atoms. The van der Waals surface area contributed by atoms with E-state index in [4.69, 9.17) is 5.73 Å². The van der Waals surface area contributed by atoms with Crippen LogP contribution in [-0.4, -0.2) is 9.55 Å². The standard InChI is InChI=1S/C14H12FN3/c15-14-10(4-3-5-11(14)16)8-18-9-17-12-6-1-2-7-13(12)18/h1-7,9H,8,16H2. The van der Waals surface area contributed by atoms with E-state index in [0.29, 0.717) is 12.1 Å². The first-order valence-corrected chi connectivity index (χ1v) is 5.68. The van der Waals surface area contributed by atoms with Gasteiger partial charge in [0.25, 0.3) is 0 Å². The number of nitrogens with two attached hydrogens (primary N) is 1. The van der Waals surface area contributed by atoms with Gasteiger partial charge in [-0.1, -0.05) is 24.3 Å². The lowest BCUT2D eigenvalue weighted by molar-refractivity contribution is 0.606. The van der Waals surface area contributed by atoms with Gasteiger partial charge in [0.05, 0.1) is 29.6 Å². The summed E-state index contributed by atoms with van der Waals surface area (Å²) in [7, 11) is 0. The number of halogens is 1. The summed E-state index contributed by atoms with van der Waals surface area (Å²) in [6.07, 6.45) is 1.72. The van der Waals surface area contributed by atoms with Crippen LogP contribution in [0.25, 0.3) is 11.0 Å². The number of aromatic nitrogens is 2. The molecular weight excluding hydrogens is 229 g/mol. The highest BCUT2D eigenvalue weighted by atomic mass is 19.1. The molecule has 18 heavy (non-hydrogen) atoms. The lowest BCUT2D eigenvalue weighted by Gasteiger charge is -2.07. The highest BCUT2D eigenvalue weighted by Gasteiger charge is 2.08. The maximum Gasteiger partial charge on any atom is 0.151 e. The molecule has 0 amide bonds. The SMILES string of the molecule is Nc1cccc(Cn2cnc3ccccc32)c1F. The molecule has 0 aliphatic heterocycles. The number of anilines is 1. The lowest BCUT2D eigenvalue weighted by Crippen LogP contribution is -2.02. The van der Waals surface area contributed by atoms with Crippen molar-refractivity contribution < 1.29 is 4.39 Å². The first-order valence-electron chi connectivity index (χ1n) is 5.68. The Morgan fingerprint density at radius 2 is 1.94 bits per heavy atom. The van der Waals surface area contributed by atoms with E-state index in [1.54, 1.807) is 24.5 Å². The molecule has 2 N–H and O–H groups in total. The fraction of sp³-hybridized carbons (Fsp3) is 0.0714. The average molecular weight is 241 g/mol. The summed E-state index contributed by atoms with van der Waals surface area (Å²) in [5.74, 6) is -0.352. The number of hydrogen-bond acceptors (Lipinski definition) is 2. The van der Waals surface area contributed by atoms with Crippen molar-refractivity contribution in [3.63, 3.8) is 0 Å². The number of nitrogen functional groups attached to an aromatic ring is 1. The molecule has 2 aromatic carbocycles. The predicted octanol–water partition coefficient (Wildman–Crippen LogP) is 2.81. The molecule has 90 valence electrons. The molecule has 1 aromatic heterocycles. The minimum atomic E-state index is -0.352. The normalized spacial score (nSPS) is 10.9. The van der Waals surface area contributed by atoms with Crippen LogP contribution in [0, 0.1) is 5.82 Å². The van der Waals surface area contributed by atoms with E-state index in [2.05, 4.69) is 4.98 Å². The maximum absolute atomic E-state index is 13.8. The van der Waals surface area contributed by atoms with Gasteiger partial charge in [0.2, 0.25) is 0 Å². The van der Waals surface area contributed by atoms with Crippen molar-refractivity contribution >= 4 is 16.7 Å². The fourth-order valence-electron chi connectivity index (χ4n) is 2.04. The molecule has 0 unspecified atom stereocenters. The molecule has 0 aliphatic carbocycles. The molecular formula is C14H12FN3. The summed E-state index contributed by atoms with van der Waals surface area (Å²) in [4.78, 5) is 4.28. The molecule has 1 heterocycles. The first-order chi connectivity index (χ1) is 8.75. The van der Waals surface area contributed by atoms with E-state index in [1.165, 1.54) is 0 Å². The summed E-state index contributed by atoms with van der Waals surface area (Å²) in [6.45, 7) is 0.428. The van der Waals surface area contributed by atoms with Gasteiger partial charge in [0, 0.05) is 5.56 Å². The van der Waals surface area contributed by atoms with E-state index in [9.17, 15) is 4.39 Å². The second kappa shape index (κ2) is 4.14. The molecule has 0 saturated heterocycles. The summed E-state index contributed by atoms with van der Waals surface area (Å²) >= 11 is 0. The van der Waals surface area contributed by atoms with Crippen LogP contribution in [0.4, 0.5) is 10.1 Å². The topological polar surface area (TPSA) is 43.8 Å². The number of nitrogens with zero attached hydrogens (tertiary/aromatic N) is 2. The number of fused-ring (bicyclic) bond motifs is 1. The number of hydrogen-bond donors (Lipinski definition) is 1. The highest BCUT2D eigenvalue weighted by Crippen LogP contribution is 2.18. The molecule has 0 bridgehead atoms. The van der Waals surface area contributed by atoms with Crippen LogP contribution >= 0.6 is 0 Å². The summed E-state index contributed by atoms with van der Waals surface area (Å²) in [5.41, 5.74) is 8.20. The minimum absolute atomic E-state index is 0.178. The van der Waals surface area contributed by atoms with Crippen molar-refractivity contribution in [1.82, 2.24) is 9.55 Å². The fourth-order valence-corrected chi connectivity index (χ4v) is 2.04. The van der Waals surface area contributed by atoms with Crippen LogP contribution in [0.2, 0.25) is 0 Å². The smallest absolute Gasteiger partial charge is 0.151 e. The van der Waals surface area contributed by atoms with Crippen molar-refractivity contribution in [1.29, 1.82) is 0 Å². The molecule has 0 saturated carbocycles. The van der Waals surface area contributed by atoms with Crippen molar-refractivity contribution in [3.8, 4) is 0 Å². The van der Waals surface area contributed by atoms with Crippen LogP contribution in [0.15, 0.2) is 48.8 Å². The van der Waals surface area contributed by atoms with Crippen LogP contribution in [0.3, 0.4) is 0 Å². The molecule has 0 radical (unpaired) electrons. The highest BCUT2D eigenvalue weighted by molar-refractivity contribution is 5.75. The molecule has 3 nitrogen and oxygen atoms in total. The Balaban J connectivity index is 2.04. The van der Waals surface area contributed by atoms with Gasteiger partial charge in [-0.3, -0.25) is 0 Å². The zero-order valence-electron chi connectivity index (χ0n) is 9.68. The van der Waals surface area contributed by atoms with Gasteiger partial charge in [0.1, 0.15) is 0 Å². The Hall–Kier alpha value is -2.36. The zero-order chi connectivity index (χ0) is 12.5. The Labute approximate surface area is 104 Å². The van der Waals surface area contributed by atoms with E-state index < -0.39 is 0 Å². The van der Waals surface area contributed by atoms with Gasteiger partial charge >= 0.3 is 0 Å². The van der Waals surface area contributed by atoms with Gasteiger partial charge in [-0.05, 0) is 18.2 Å². The Bertz CT molecular complexity index is 703. The second-order valence-corrected chi connectivity index (χ2v) is 4.18. The van der Waals surface area contributed by atoms with Gasteiger partial charge in [-0.25, -0.2) is 9.37 Å². The first kappa shape index (κ1) is 10.8. The quantitative estimate of drug-likeness (QED) is 0.701. The Kier molecular flexibility index (Phi) is 2.48. The van der Waals surface area contributed by atoms with Crippen LogP contribution in [0.1, 0.15) is 5.56 Å². The number of para-hydroxylation sites is 2. The van der Waals surface area contributed by atoms with Crippen molar-refractivity contribution in [2.45, 2.75) is 6.54 Å². The van der Waals surface area contributed by atoms with E-state index in [1.807, 2.05) is 28.8 Å². The van der Waals surface area contributed by atoms with Crippen LogP contribution in [-0.2, 0) is 6.54 Å². The molecule has 0 fully saturated rings. The van der Waals surface area contributed by atoms with Crippen molar-refractivity contribution in [3.05, 3.63) is 60.2 Å². The third-order valence-corrected chi connectivity index (χ3v) is 2.98. The molecule has 4 heteroatoms. The summed E-state index contributed by atoms with van der Waals surface area (Å²) in [6, 6.07) is 12.8. The average Bonchev–Trinajstić information content (AvgIpc) is 2.79. The summed E-state index contributed by atoms with van der Waals surface area (Å²) < 4.78 is 15.7. The predicted molar refractivity (Wildman–Crippen MR) is 69.6 cm³/mol. The Morgan fingerprint density at radius 3 is 2.83 bits per heavy atom. The third kappa shape index (κ3) is 1.72. The van der Waals surface area contributed by atoms with Gasteiger partial charge in [-0.2, -0.15) is 0 Å². The largest absolute Gasteiger partial charge is 0.396 e. The lowest BCUT2D eigenvalue weighted by atomic mass is 10.2. The Morgan fingerprint density at radius 1 is 1.11 bits per heavy atom. The van der Waals surface area contributed by atoms with Gasteiger partial charge < -0.3 is 10.3 Å². The molecule has 0 aliphatic rings. The molecule has 0 atom stereocenters. The maximum atomic E-state index is 13.8. The number of rotatable bonds is 2. The van der Waals surface area contributed by atoms with E-state index in [-0.39, 0.29) is 11.5 Å². The van der Waals surface area contributed by atoms with E-state index >= 15 is 0 Å². The second-order valence-electron chi connectivity index (χ2n) is 4.18. The van der Waals surface area contributed by atoms with E-state index in [0.717, 1.165) is 11.0 Å². The number of imidazole rings is 1. The molecule has 3 rings (SSSR count). The third-order valence-electron chi connectivity index (χ3n) is 2.98. The monoisotopic (exact) mass is 241 g/mol. The van der Waals surface area contributed by atoms with Crippen LogP contribution < -0.4 is 5.73 Å². The van der Waals surface area contributed by atoms with Gasteiger partial charge in [0.15, 0.2) is 5.82 Å². The van der Waals surface area contributed by atoms with Crippen molar-refractivity contribution in [2.75, 3.05) is 5.73 Å². The zero-order valence-corrected chi connectivity index (χ0v) is 9.68. The summed E-state index contributed by atoms with van der Waals surface area (Å²) in [5, 5.41) is 0. The molecule has 3 aromatic rings. The van der Waals surface area contributed by atoms with Crippen molar-refractivity contribution in [2.24, 2.45) is 0 Å². The van der Waals surface area contributed by atoms with Gasteiger partial charge in [-0.15, -0.1) is 0 Å². The number of benzene rings is 2. The van der Waals surface area contributed by atoms with Crippen LogP contribution in [0.5, 0.6) is 0 Å².